The van der Waals surface area contributed by atoms with Gasteiger partial charge < -0.3 is 46.0 Å². The monoisotopic (exact) mass is 2050 g/mol. The highest BCUT2D eigenvalue weighted by atomic mass is 35.5. The summed E-state index contributed by atoms with van der Waals surface area (Å²) >= 11 is 14.2. The lowest BCUT2D eigenvalue weighted by molar-refractivity contribution is -0.138. The number of carbonyl (C=O) groups excluding carboxylic acids is 13. The predicted octanol–water partition coefficient (Wildman–Crippen LogP) is 3.34. The van der Waals surface area contributed by atoms with Gasteiger partial charge in [0, 0.05) is 80.2 Å². The molecule has 15 N–H and O–H groups in total. The number of Topliss-reactive ketones (excluding diaryl/α,β-unsaturated/α-hetero) is 2. The number of pyridine rings is 6. The molecule has 139 heavy (non-hydrogen) atoms. The van der Waals surface area contributed by atoms with E-state index in [4.69, 9.17) is 51.4 Å². The van der Waals surface area contributed by atoms with E-state index < -0.39 is 55.4 Å². The molecule has 0 radical (unpaired) electrons. The van der Waals surface area contributed by atoms with Crippen LogP contribution in [0.3, 0.4) is 0 Å². The third-order valence-corrected chi connectivity index (χ3v) is 22.7. The minimum Gasteiger partial charge on any atom is -0.480 e. The number of hydrazine groups is 1. The van der Waals surface area contributed by atoms with Crippen molar-refractivity contribution in [2.45, 2.75) is 91.9 Å². The molecule has 0 atom stereocenters. The van der Waals surface area contributed by atoms with Gasteiger partial charge in [-0.15, -0.1) is 32.8 Å². The lowest BCUT2D eigenvalue weighted by Gasteiger charge is -2.25. The quantitative estimate of drug-likeness (QED) is 0.00503. The number of nitrogens with one attached hydrogen (secondary N) is 5. The van der Waals surface area contributed by atoms with E-state index in [0.29, 0.717) is 77.3 Å². The van der Waals surface area contributed by atoms with E-state index in [0.717, 1.165) is 51.4 Å². The molecule has 6 amide bonds. The predicted molar refractivity (Wildman–Crippen MR) is 511 cm³/mol. The highest BCUT2D eigenvalue weighted by Gasteiger charge is 2.34. The molecule has 6 fully saturated rings. The van der Waals surface area contributed by atoms with Crippen LogP contribution in [0.25, 0.3) is 22.6 Å². The second kappa shape index (κ2) is 57.2. The van der Waals surface area contributed by atoms with Crippen LogP contribution in [0, 0.1) is 23.7 Å². The van der Waals surface area contributed by atoms with Crippen molar-refractivity contribution in [3.8, 4) is 0 Å². The van der Waals surface area contributed by atoms with Gasteiger partial charge in [0.15, 0.2) is 65.1 Å². The van der Waals surface area contributed by atoms with Gasteiger partial charge in [0.25, 0.3) is 11.8 Å². The number of carbonyl (C=O) groups is 14. The number of rotatable bonds is 23. The Kier molecular flexibility index (Phi) is 47.5. The van der Waals surface area contributed by atoms with E-state index in [1.165, 1.54) is 60.3 Å². The molecule has 0 unspecified atom stereocenters. The van der Waals surface area contributed by atoms with Gasteiger partial charge in [-0.3, -0.25) is 79.1 Å². The summed E-state index contributed by atoms with van der Waals surface area (Å²) in [6.45, 7) is 7.85. The third-order valence-electron chi connectivity index (χ3n) is 18.8. The summed E-state index contributed by atoms with van der Waals surface area (Å²) in [5.41, 5.74) is 16.8. The molecule has 10 aromatic rings. The van der Waals surface area contributed by atoms with E-state index in [-0.39, 0.29) is 184 Å². The first-order valence-electron chi connectivity index (χ1n) is 41.8. The van der Waals surface area contributed by atoms with E-state index in [9.17, 15) is 84.0 Å². The summed E-state index contributed by atoms with van der Waals surface area (Å²) < 4.78 is 68.4. The number of aliphatic imine (C=N–C) groups is 1. The number of isothiocyanates is 1. The average Bonchev–Trinajstić information content (AvgIpc) is 1.66. The zero-order chi connectivity index (χ0) is 102. The van der Waals surface area contributed by atoms with E-state index in [1.807, 2.05) is 24.4 Å². The SMILES string of the molecule is CC.CC(=O)N=C=S.COC(=O)c1cccc(CC(=S)CC(C)=O)n1.COC(=O)c1cccc(N)n1.COC(=O)c1cccc2nc(N)nn12.COC(=O)c1cccc2nc(NC(=O)C3CC3)nn12.Cl.NNC(=O)c1cccc2nc(NC(=O)C3CC3)nn12.NO.O=C(CN1CCS(=O)(=O)CC1)NCC(=O)c1cccc2nc(NC(=O)C3CC3)nn12.O=C(Cl)C1CC1.O=C(O)CN1CCS(=O)(=O)CC1. The Bertz CT molecular complexity index is 6200. The Labute approximate surface area is 815 Å². The number of ketones is 2. The summed E-state index contributed by atoms with van der Waals surface area (Å²) in [5.74, 6) is 5.59. The Morgan fingerprint density at radius 1 is 0.504 bits per heavy atom. The van der Waals surface area contributed by atoms with Gasteiger partial charge in [0.1, 0.15) is 28.7 Å². The summed E-state index contributed by atoms with van der Waals surface area (Å²) in [4.78, 5) is 189. The maximum absolute atomic E-state index is 12.6. The molecular formula is C83H104Cl2N26O24S4. The summed E-state index contributed by atoms with van der Waals surface area (Å²) in [6, 6.07) is 29.6. The number of carboxylic acid groups (broad SMARTS) is 1. The molecule has 748 valence electrons. The average molecular weight is 2050 g/mol. The molecular weight excluding hydrogens is 1940 g/mol. The number of sulfone groups is 2. The van der Waals surface area contributed by atoms with Gasteiger partial charge in [-0.05, 0) is 155 Å². The van der Waals surface area contributed by atoms with Crippen LogP contribution in [0.15, 0.2) is 114 Å². The summed E-state index contributed by atoms with van der Waals surface area (Å²) in [5, 5.41) is 43.4. The number of anilines is 5. The highest BCUT2D eigenvalue weighted by Crippen LogP contribution is 2.33. The number of methoxy groups -OCH3 is 4. The standard InChI is InChI=1S/C18H22N6O5S.C12H12N4O3.C12H13NO3S.C11H12N6O2.C8H8N4O2.C7H8N2O2.C6H11NO4S.C4H5ClO.C3H3NOS.C2H6.ClH.H3NO/c25-14(10-19-16(26)11-23-6-8-30(28,29)9-7-23)13-2-1-3-15-20-18(22-24(13)15)21-17(27)12-4-5-12;1-19-11(18)8-3-2-4-9-13-12(15-16(8)9)14-10(17)7-5-6-7;1-8(14)6-10(17)7-9-4-3-5-11(13-9)12(15)16-2;12-15-10(19)7-2-1-3-8-13-11(16-17(7)8)14-9(18)6-4-5-6;1-14-7(13)5-3-2-4-6-10-8(9)11-12(5)6;1-11-7(10)5-3-2-4-6(8)9-5;8-6(9)5-7-1-3-12(10,11)4-2-7;5-4(6)3-1-2-3;1-3(5)4-2-6;1-2;;1-2/h1-3,12H,4-11H2,(H,19,26)(H,21,22,27);2-4,7H,5-6H2,1H3,(H,14,15,17);3-5H,6-7H2,1-2H3;1-3,6H,4-5,12H2,(H,15,19)(H,14,16,18);2-4H,1H3,(H2,9,11);2-4H,1H3,(H2,8,9);1-5H2,(H,8,9);3H,1-2H2;1H3;1-2H3;1H;2H,1H2. The van der Waals surface area contributed by atoms with Crippen molar-refractivity contribution in [1.82, 2.24) is 88.9 Å². The minimum atomic E-state index is -3.01. The Balaban J connectivity index is 0.000000284. The molecule has 16 rings (SSSR count). The Morgan fingerprint density at radius 3 is 1.23 bits per heavy atom. The fraction of sp³-hybridized carbons (Fsp3) is 0.398. The van der Waals surface area contributed by atoms with Gasteiger partial charge in [-0.1, -0.05) is 62.5 Å². The third kappa shape index (κ3) is 39.5. The van der Waals surface area contributed by atoms with Crippen LogP contribution in [0.2, 0.25) is 0 Å². The van der Waals surface area contributed by atoms with Gasteiger partial charge in [-0.25, -0.2) is 75.8 Å². The van der Waals surface area contributed by atoms with Crippen molar-refractivity contribution in [2.24, 2.45) is 40.4 Å². The lowest BCUT2D eigenvalue weighted by Crippen LogP contribution is -2.46. The number of amides is 6. The Hall–Kier alpha value is -14.1. The maximum atomic E-state index is 12.6. The topological polar surface area (TPSA) is 714 Å². The molecule has 4 saturated carbocycles. The van der Waals surface area contributed by atoms with Crippen molar-refractivity contribution in [1.29, 1.82) is 0 Å². The zero-order valence-corrected chi connectivity index (χ0v) is 81.1. The van der Waals surface area contributed by atoms with Crippen molar-refractivity contribution in [3.63, 3.8) is 0 Å². The molecule has 50 nitrogen and oxygen atoms in total. The molecule has 2 aliphatic heterocycles. The molecule has 0 spiro atoms. The van der Waals surface area contributed by atoms with Crippen LogP contribution in [0.5, 0.6) is 0 Å². The van der Waals surface area contributed by atoms with Crippen molar-refractivity contribution >= 4 is 212 Å². The molecule has 0 bridgehead atoms. The number of nitrogens with two attached hydrogens (primary N) is 4. The van der Waals surface area contributed by atoms with Crippen molar-refractivity contribution < 1.29 is 113 Å². The van der Waals surface area contributed by atoms with E-state index in [1.54, 1.807) is 119 Å². The summed E-state index contributed by atoms with van der Waals surface area (Å²) in [6.07, 6.45) is 8.05. The first kappa shape index (κ1) is 115. The number of hydrogen-bond donors (Lipinski definition) is 11. The number of nitrogens with zero attached hydrogens (tertiary/aromatic N) is 17. The highest BCUT2D eigenvalue weighted by molar-refractivity contribution is 7.91. The second-order valence-corrected chi connectivity index (χ2v) is 35.3. The Morgan fingerprint density at radius 2 is 0.871 bits per heavy atom. The van der Waals surface area contributed by atoms with Gasteiger partial charge in [0.05, 0.1) is 76.2 Å². The normalized spacial score (nSPS) is 14.2. The van der Waals surface area contributed by atoms with Gasteiger partial charge in [0.2, 0.25) is 52.7 Å². The van der Waals surface area contributed by atoms with Gasteiger partial charge in [-0.2, -0.15) is 24.9 Å². The number of fused-ring (bicyclic) bond motifs is 4. The molecule has 0 aromatic carbocycles. The number of carboxylic acids is 1. The fourth-order valence-corrected chi connectivity index (χ4v) is 14.6. The second-order valence-electron chi connectivity index (χ2n) is 29.5. The smallest absolute Gasteiger partial charge is 0.356 e. The molecule has 12 heterocycles. The molecule has 2 saturated heterocycles. The number of hydrogen-bond acceptors (Lipinski definition) is 41. The number of ether oxygens (including phenoxy) is 4. The number of aliphatic carboxylic acids is 1. The number of nitrogen functional groups attached to an aromatic ring is 3. The van der Waals surface area contributed by atoms with Crippen LogP contribution < -0.4 is 49.9 Å². The van der Waals surface area contributed by atoms with Crippen LogP contribution in [-0.2, 0) is 83.4 Å². The largest absolute Gasteiger partial charge is 0.480 e. The fourth-order valence-electron chi connectivity index (χ4n) is 11.4. The summed E-state index contributed by atoms with van der Waals surface area (Å²) in [7, 11) is -0.689. The van der Waals surface area contributed by atoms with Crippen LogP contribution in [0.4, 0.5) is 29.6 Å². The number of halogens is 2. The van der Waals surface area contributed by atoms with Crippen molar-refractivity contribution in [3.05, 3.63) is 149 Å². The van der Waals surface area contributed by atoms with E-state index in [2.05, 4.69) is 114 Å². The maximum Gasteiger partial charge on any atom is 0.356 e. The molecule has 56 heteroatoms. The first-order chi connectivity index (χ1) is 65.7. The zero-order valence-electron chi connectivity index (χ0n) is 76.3. The number of aromatic nitrogens is 14. The number of thiocarbonyl (C=S) groups is 2. The molecule has 4 aliphatic carbocycles. The van der Waals surface area contributed by atoms with Crippen molar-refractivity contribution in [2.75, 3.05) is 125 Å². The molecule has 6 aliphatic rings. The van der Waals surface area contributed by atoms with Crippen LogP contribution in [0.1, 0.15) is 154 Å². The lowest BCUT2D eigenvalue weighted by atomic mass is 10.1. The molecule has 10 aromatic heterocycles. The minimum absolute atomic E-state index is 0. The van der Waals surface area contributed by atoms with Crippen LogP contribution >= 0.6 is 48.4 Å². The van der Waals surface area contributed by atoms with Crippen LogP contribution in [-0.4, -0.2) is 295 Å². The van der Waals surface area contributed by atoms with E-state index >= 15 is 0 Å². The van der Waals surface area contributed by atoms with Gasteiger partial charge >= 0.3 is 29.8 Å². The number of esters is 4. The first-order valence-corrected chi connectivity index (χ1v) is 46.6.